The summed E-state index contributed by atoms with van der Waals surface area (Å²) < 4.78 is 42.9. The van der Waals surface area contributed by atoms with Gasteiger partial charge in [0.25, 0.3) is 11.8 Å². The van der Waals surface area contributed by atoms with Crippen LogP contribution in [0.2, 0.25) is 0 Å². The number of likely N-dealkylation sites (N-methyl/N-ethyl adjacent to an activating group) is 2. The first-order valence-electron chi connectivity index (χ1n) is 25.6. The van der Waals surface area contributed by atoms with E-state index in [4.69, 9.17) is 30.5 Å². The smallest absolute Gasteiger partial charge is 0.315 e. The van der Waals surface area contributed by atoms with Crippen LogP contribution >= 0.6 is 35.1 Å². The third-order valence-electron chi connectivity index (χ3n) is 12.7. The Morgan fingerprint density at radius 3 is 1.34 bits per heavy atom. The summed E-state index contributed by atoms with van der Waals surface area (Å²) in [6.07, 6.45) is 18.1. The number of aromatic nitrogens is 4. The number of carboxylic acid groups (broad SMARTS) is 1. The van der Waals surface area contributed by atoms with E-state index in [0.29, 0.717) is 40.4 Å². The fourth-order valence-corrected chi connectivity index (χ4v) is 9.44. The number of rotatable bonds is 24. The second-order valence-corrected chi connectivity index (χ2v) is 23.5. The lowest BCUT2D eigenvalue weighted by atomic mass is 9.87. The van der Waals surface area contributed by atoms with Crippen molar-refractivity contribution < 1.29 is 59.8 Å². The Hall–Kier alpha value is -2.89. The van der Waals surface area contributed by atoms with Crippen LogP contribution in [0.1, 0.15) is 191 Å². The van der Waals surface area contributed by atoms with Gasteiger partial charge in [-0.1, -0.05) is 99.1 Å². The van der Waals surface area contributed by atoms with E-state index in [1.165, 1.54) is 62.0 Å². The van der Waals surface area contributed by atoms with Crippen molar-refractivity contribution in [2.45, 2.75) is 198 Å². The number of nitrogens with zero attached hydrogens (tertiary/aromatic N) is 6. The molecule has 14 nitrogen and oxygen atoms in total. The Morgan fingerprint density at radius 2 is 1.03 bits per heavy atom. The predicted octanol–water partition coefficient (Wildman–Crippen LogP) is 8.29. The van der Waals surface area contributed by atoms with Gasteiger partial charge in [-0.05, 0) is 67.2 Å². The minimum absolute atomic E-state index is 0. The summed E-state index contributed by atoms with van der Waals surface area (Å²) in [7, 11) is 4.34. The third kappa shape index (κ3) is 21.3. The number of unbranched alkanes of at least 4 members (excludes halogenated alkanes) is 6. The number of hydrogen-bond donors (Lipinski definition) is 0. The first kappa shape index (κ1) is 65.1. The second kappa shape index (κ2) is 31.0. The number of carbonyl (C=O) groups excluding carboxylic acids is 3. The molecule has 5 unspecified atom stereocenters. The van der Waals surface area contributed by atoms with Crippen molar-refractivity contribution in [1.29, 1.82) is 0 Å². The van der Waals surface area contributed by atoms with Gasteiger partial charge in [0.15, 0.2) is 0 Å². The lowest BCUT2D eigenvalue weighted by molar-refractivity contribution is -0.947. The van der Waals surface area contributed by atoms with Crippen molar-refractivity contribution in [1.82, 2.24) is 17.5 Å². The summed E-state index contributed by atoms with van der Waals surface area (Å²) in [5, 5.41) is 10.4. The SMILES string of the molecule is CCC(Cl)CC(C)(C)C(=O)[O-].CCCCCCOc1nsnc1C1=CCC[N+](C)(C(CC)OC(=O)C(C)(C)C)C1.CCCCCCOc1nsnc1C1=CCC[N+](C)(C(CC)OC(=O)C(C)(C)C)C1.[Cl-]. The molecule has 0 radical (unpaired) electrons. The number of ether oxygens (including phenoxy) is 4. The lowest BCUT2D eigenvalue weighted by Crippen LogP contribution is -3.00. The molecule has 0 spiro atoms. The van der Waals surface area contributed by atoms with Crippen molar-refractivity contribution in [3.63, 3.8) is 0 Å². The Morgan fingerprint density at radius 1 is 0.643 bits per heavy atom. The van der Waals surface area contributed by atoms with Gasteiger partial charge < -0.3 is 41.3 Å². The molecule has 18 heteroatoms. The maximum atomic E-state index is 12.5. The molecule has 0 saturated heterocycles. The third-order valence-corrected chi connectivity index (χ3v) is 14.1. The molecule has 4 heterocycles. The zero-order chi connectivity index (χ0) is 52.1. The molecule has 0 aliphatic carbocycles. The molecule has 0 amide bonds. The van der Waals surface area contributed by atoms with Crippen molar-refractivity contribution in [2.24, 2.45) is 16.2 Å². The van der Waals surface area contributed by atoms with E-state index in [2.05, 4.69) is 71.4 Å². The largest absolute Gasteiger partial charge is 1.00 e. The molecule has 4 rings (SSSR count). The van der Waals surface area contributed by atoms with Crippen LogP contribution < -0.4 is 27.0 Å². The summed E-state index contributed by atoms with van der Waals surface area (Å²) in [5.41, 5.74) is 2.18. The van der Waals surface area contributed by atoms with Crippen LogP contribution in [0.25, 0.3) is 11.1 Å². The molecular formula is C52H90Cl2N6O8S2. The van der Waals surface area contributed by atoms with E-state index in [1.54, 1.807) is 13.8 Å². The molecule has 0 fully saturated rings. The highest BCUT2D eigenvalue weighted by Crippen LogP contribution is 2.35. The Balaban J connectivity index is 0.000000572. The molecule has 2 aromatic heterocycles. The summed E-state index contributed by atoms with van der Waals surface area (Å²) >= 11 is 8.20. The lowest BCUT2D eigenvalue weighted by Gasteiger charge is -2.43. The van der Waals surface area contributed by atoms with Gasteiger partial charge in [0.1, 0.15) is 24.5 Å². The van der Waals surface area contributed by atoms with E-state index in [1.807, 2.05) is 48.5 Å². The summed E-state index contributed by atoms with van der Waals surface area (Å²) in [6.45, 7) is 29.9. The van der Waals surface area contributed by atoms with Gasteiger partial charge >= 0.3 is 11.9 Å². The topological polar surface area (TPSA) is 163 Å². The molecule has 0 saturated carbocycles. The van der Waals surface area contributed by atoms with Gasteiger partial charge in [-0.25, -0.2) is 0 Å². The Bertz CT molecular complexity index is 1810. The average Bonchev–Trinajstić information content (AvgIpc) is 3.97. The van der Waals surface area contributed by atoms with E-state index < -0.39 is 22.2 Å². The molecule has 5 atom stereocenters. The van der Waals surface area contributed by atoms with Crippen molar-refractivity contribution in [3.8, 4) is 11.8 Å². The van der Waals surface area contributed by atoms with Crippen LogP contribution in [-0.2, 0) is 23.9 Å². The maximum Gasteiger partial charge on any atom is 0.315 e. The summed E-state index contributed by atoms with van der Waals surface area (Å²) in [4.78, 5) is 35.5. The maximum absolute atomic E-state index is 12.5. The second-order valence-electron chi connectivity index (χ2n) is 21.8. The number of carbonyl (C=O) groups is 3. The van der Waals surface area contributed by atoms with Gasteiger partial charge in [-0.2, -0.15) is 8.75 Å². The van der Waals surface area contributed by atoms with Gasteiger partial charge in [-0.15, -0.1) is 20.3 Å². The van der Waals surface area contributed by atoms with E-state index in [0.717, 1.165) is 93.7 Å². The molecule has 70 heavy (non-hydrogen) atoms. The van der Waals surface area contributed by atoms with Crippen LogP contribution in [0.3, 0.4) is 0 Å². The predicted molar refractivity (Wildman–Crippen MR) is 279 cm³/mol. The fourth-order valence-electron chi connectivity index (χ4n) is 7.99. The molecule has 0 aromatic carbocycles. The number of alkyl halides is 1. The minimum atomic E-state index is -1.03. The number of halogens is 2. The van der Waals surface area contributed by atoms with E-state index in [9.17, 15) is 19.5 Å². The Kier molecular flexibility index (Phi) is 28.8. The normalized spacial score (nSPS) is 19.5. The average molecular weight is 1060 g/mol. The highest BCUT2D eigenvalue weighted by Gasteiger charge is 2.42. The minimum Gasteiger partial charge on any atom is -1.00 e. The van der Waals surface area contributed by atoms with Gasteiger partial charge in [0.2, 0.25) is 12.5 Å². The first-order chi connectivity index (χ1) is 32.3. The molecule has 0 bridgehead atoms. The van der Waals surface area contributed by atoms with Crippen LogP contribution in [0.15, 0.2) is 12.2 Å². The van der Waals surface area contributed by atoms with Gasteiger partial charge in [-0.3, -0.25) is 18.6 Å². The number of carboxylic acids is 1. The molecule has 402 valence electrons. The monoisotopic (exact) mass is 1060 g/mol. The highest BCUT2D eigenvalue weighted by molar-refractivity contribution is 6.99. The fraction of sp³-hybridized carbons (Fsp3) is 0.788. The molecule has 0 N–H and O–H groups in total. The van der Waals surface area contributed by atoms with Crippen LogP contribution in [0.4, 0.5) is 0 Å². The zero-order valence-electron chi connectivity index (χ0n) is 45.6. The first-order valence-corrected chi connectivity index (χ1v) is 27.5. The van der Waals surface area contributed by atoms with E-state index in [-0.39, 0.29) is 42.2 Å². The number of hydrogen-bond acceptors (Lipinski definition) is 14. The highest BCUT2D eigenvalue weighted by atomic mass is 35.5. The standard InChI is InChI=1S/2C22H38N3O3S.C8H15ClO2.ClH/c2*1-7-9-10-11-15-27-20-19(23-29-24-20)17-13-12-14-25(6,16-17)18(8-2)28-21(26)22(3,4)5;1-4-6(9)5-8(2,3)7(10)11;/h2*13,18H,7-12,14-16H2,1-6H3;6H,4-5H2,1-3H3,(H,10,11);1H/q2*+1;;/p-2. The zero-order valence-corrected chi connectivity index (χ0v) is 48.7. The number of esters is 2. The van der Waals surface area contributed by atoms with Crippen molar-refractivity contribution >= 4 is 64.1 Å². The van der Waals surface area contributed by atoms with Crippen LogP contribution in [0.5, 0.6) is 11.8 Å². The summed E-state index contributed by atoms with van der Waals surface area (Å²) in [5.74, 6) is -0.0362. The van der Waals surface area contributed by atoms with Crippen LogP contribution in [-0.4, -0.2) is 116 Å². The molecular weight excluding hydrogens is 972 g/mol. The van der Waals surface area contributed by atoms with Crippen molar-refractivity contribution in [2.75, 3.05) is 53.5 Å². The van der Waals surface area contributed by atoms with Gasteiger partial charge in [0, 0.05) is 53.6 Å². The summed E-state index contributed by atoms with van der Waals surface area (Å²) in [6, 6.07) is 0. The van der Waals surface area contributed by atoms with Crippen LogP contribution in [0, 0.1) is 16.2 Å². The number of aliphatic carboxylic acids is 1. The quantitative estimate of drug-likeness (QED) is 0.0429. The Labute approximate surface area is 441 Å². The van der Waals surface area contributed by atoms with Gasteiger partial charge in [0.05, 0.1) is 74.7 Å². The van der Waals surface area contributed by atoms with E-state index >= 15 is 0 Å². The molecule has 2 aliphatic heterocycles. The number of quaternary nitrogens is 2. The molecule has 2 aliphatic rings. The molecule has 2 aromatic rings. The van der Waals surface area contributed by atoms with Crippen molar-refractivity contribution in [3.05, 3.63) is 23.5 Å².